The van der Waals surface area contributed by atoms with Gasteiger partial charge in [0.2, 0.25) is 0 Å². The van der Waals surface area contributed by atoms with E-state index in [1.807, 2.05) is 0 Å². The quantitative estimate of drug-likeness (QED) is 0.674. The third-order valence-electron chi connectivity index (χ3n) is 3.05. The van der Waals surface area contributed by atoms with Gasteiger partial charge >= 0.3 is 5.97 Å². The summed E-state index contributed by atoms with van der Waals surface area (Å²) in [6.07, 6.45) is 6.11. The summed E-state index contributed by atoms with van der Waals surface area (Å²) in [5, 5.41) is 8.77. The van der Waals surface area contributed by atoms with Gasteiger partial charge in [0.15, 0.2) is 0 Å². The maximum atomic E-state index is 10.7. The maximum Gasteiger partial charge on any atom is 0.335 e. The minimum atomic E-state index is -0.906. The van der Waals surface area contributed by atoms with Gasteiger partial charge in [-0.1, -0.05) is 39.5 Å². The zero-order chi connectivity index (χ0) is 14.1. The van der Waals surface area contributed by atoms with E-state index < -0.39 is 5.97 Å². The lowest BCUT2D eigenvalue weighted by Crippen LogP contribution is -1.99. The maximum absolute atomic E-state index is 10.7. The minimum absolute atomic E-state index is 0.293. The summed E-state index contributed by atoms with van der Waals surface area (Å²) in [5.74, 6) is 0.632. The van der Waals surface area contributed by atoms with Crippen LogP contribution in [0.4, 0.5) is 0 Å². The van der Waals surface area contributed by atoms with Crippen LogP contribution in [0.25, 0.3) is 0 Å². The van der Waals surface area contributed by atoms with Crippen LogP contribution in [-0.4, -0.2) is 17.7 Å². The second kappa shape index (κ2) is 8.57. The minimum Gasteiger partial charge on any atom is -0.494 e. The molecule has 0 aliphatic carbocycles. The predicted octanol–water partition coefficient (Wildman–Crippen LogP) is 4.37. The van der Waals surface area contributed by atoms with Crippen LogP contribution in [0.15, 0.2) is 24.3 Å². The first kappa shape index (κ1) is 15.5. The van der Waals surface area contributed by atoms with Crippen molar-refractivity contribution in [2.45, 2.75) is 46.0 Å². The van der Waals surface area contributed by atoms with Gasteiger partial charge in [-0.05, 0) is 36.6 Å². The molecule has 0 saturated carbocycles. The van der Waals surface area contributed by atoms with E-state index in [0.717, 1.165) is 18.1 Å². The van der Waals surface area contributed by atoms with Crippen molar-refractivity contribution in [3.05, 3.63) is 29.8 Å². The lowest BCUT2D eigenvalue weighted by atomic mass is 10.0. The van der Waals surface area contributed by atoms with Gasteiger partial charge in [-0.25, -0.2) is 4.79 Å². The highest BCUT2D eigenvalue weighted by Gasteiger charge is 2.02. The Balaban J connectivity index is 2.11. The zero-order valence-electron chi connectivity index (χ0n) is 11.9. The van der Waals surface area contributed by atoms with E-state index in [2.05, 4.69) is 13.8 Å². The van der Waals surface area contributed by atoms with Crippen molar-refractivity contribution in [2.75, 3.05) is 6.61 Å². The van der Waals surface area contributed by atoms with Gasteiger partial charge in [-0.3, -0.25) is 0 Å². The Bertz CT molecular complexity index is 368. The number of carboxylic acids is 1. The molecule has 1 aromatic carbocycles. The largest absolute Gasteiger partial charge is 0.494 e. The molecule has 0 atom stereocenters. The van der Waals surface area contributed by atoms with Crippen LogP contribution in [0, 0.1) is 5.92 Å². The van der Waals surface area contributed by atoms with Crippen LogP contribution in [0.2, 0.25) is 0 Å². The number of carboxylic acid groups (broad SMARTS) is 1. The Morgan fingerprint density at radius 2 is 1.74 bits per heavy atom. The topological polar surface area (TPSA) is 46.5 Å². The van der Waals surface area contributed by atoms with Crippen molar-refractivity contribution in [1.29, 1.82) is 0 Å². The van der Waals surface area contributed by atoms with E-state index in [1.54, 1.807) is 24.3 Å². The van der Waals surface area contributed by atoms with Crippen LogP contribution < -0.4 is 4.74 Å². The molecular formula is C16H24O3. The van der Waals surface area contributed by atoms with Gasteiger partial charge in [0.1, 0.15) is 5.75 Å². The highest BCUT2D eigenvalue weighted by atomic mass is 16.5. The molecule has 0 saturated heterocycles. The third kappa shape index (κ3) is 6.85. The molecule has 0 unspecified atom stereocenters. The lowest BCUT2D eigenvalue weighted by molar-refractivity contribution is 0.0697. The molecular weight excluding hydrogens is 240 g/mol. The summed E-state index contributed by atoms with van der Waals surface area (Å²) >= 11 is 0. The fourth-order valence-electron chi connectivity index (χ4n) is 1.89. The Hall–Kier alpha value is -1.51. The first-order chi connectivity index (χ1) is 9.09. The van der Waals surface area contributed by atoms with E-state index in [4.69, 9.17) is 9.84 Å². The molecule has 0 aromatic heterocycles. The molecule has 1 rings (SSSR count). The number of aromatic carboxylic acids is 1. The molecule has 0 aliphatic heterocycles. The standard InChI is InChI=1S/C16H24O3/c1-13(2)7-5-3-4-6-12-19-15-10-8-14(9-11-15)16(17)18/h8-11,13H,3-7,12H2,1-2H3,(H,17,18). The predicted molar refractivity (Wildman–Crippen MR) is 76.8 cm³/mol. The molecule has 0 radical (unpaired) electrons. The molecule has 0 aliphatic rings. The number of hydrogen-bond acceptors (Lipinski definition) is 2. The van der Waals surface area contributed by atoms with Crippen LogP contribution in [0.1, 0.15) is 56.3 Å². The van der Waals surface area contributed by atoms with E-state index in [0.29, 0.717) is 12.2 Å². The number of carbonyl (C=O) groups is 1. The van der Waals surface area contributed by atoms with Gasteiger partial charge < -0.3 is 9.84 Å². The van der Waals surface area contributed by atoms with Gasteiger partial charge in [0.05, 0.1) is 12.2 Å². The number of unbranched alkanes of at least 4 members (excludes halogenated alkanes) is 3. The monoisotopic (exact) mass is 264 g/mol. The second-order valence-corrected chi connectivity index (χ2v) is 5.27. The van der Waals surface area contributed by atoms with Gasteiger partial charge in [-0.2, -0.15) is 0 Å². The summed E-state index contributed by atoms with van der Waals surface area (Å²) in [6, 6.07) is 6.56. The smallest absolute Gasteiger partial charge is 0.335 e. The van der Waals surface area contributed by atoms with Crippen molar-refractivity contribution in [2.24, 2.45) is 5.92 Å². The van der Waals surface area contributed by atoms with Crippen molar-refractivity contribution in [3.63, 3.8) is 0 Å². The Kier molecular flexibility index (Phi) is 7.01. The molecule has 0 bridgehead atoms. The normalized spacial score (nSPS) is 10.7. The van der Waals surface area contributed by atoms with E-state index in [1.165, 1.54) is 25.7 Å². The summed E-state index contributed by atoms with van der Waals surface area (Å²) in [6.45, 7) is 5.21. The van der Waals surface area contributed by atoms with Crippen LogP contribution in [-0.2, 0) is 0 Å². The second-order valence-electron chi connectivity index (χ2n) is 5.27. The summed E-state index contributed by atoms with van der Waals surface area (Å²) in [5.41, 5.74) is 0.293. The fraction of sp³-hybridized carbons (Fsp3) is 0.562. The summed E-state index contributed by atoms with van der Waals surface area (Å²) in [4.78, 5) is 10.7. The molecule has 1 aromatic rings. The Morgan fingerprint density at radius 1 is 1.11 bits per heavy atom. The zero-order valence-corrected chi connectivity index (χ0v) is 11.9. The van der Waals surface area contributed by atoms with Gasteiger partial charge in [0.25, 0.3) is 0 Å². The number of rotatable bonds is 9. The van der Waals surface area contributed by atoms with E-state index in [-0.39, 0.29) is 0 Å². The van der Waals surface area contributed by atoms with Crippen LogP contribution >= 0.6 is 0 Å². The molecule has 106 valence electrons. The molecule has 19 heavy (non-hydrogen) atoms. The SMILES string of the molecule is CC(C)CCCCCCOc1ccc(C(=O)O)cc1. The third-order valence-corrected chi connectivity index (χ3v) is 3.05. The molecule has 0 amide bonds. The molecule has 0 heterocycles. The molecule has 3 nitrogen and oxygen atoms in total. The van der Waals surface area contributed by atoms with E-state index >= 15 is 0 Å². The highest BCUT2D eigenvalue weighted by Crippen LogP contribution is 2.14. The first-order valence-electron chi connectivity index (χ1n) is 7.05. The van der Waals surface area contributed by atoms with E-state index in [9.17, 15) is 4.79 Å². The lowest BCUT2D eigenvalue weighted by Gasteiger charge is -2.07. The fourth-order valence-corrected chi connectivity index (χ4v) is 1.89. The Labute approximate surface area is 115 Å². The first-order valence-corrected chi connectivity index (χ1v) is 7.05. The van der Waals surface area contributed by atoms with Crippen molar-refractivity contribution in [1.82, 2.24) is 0 Å². The average molecular weight is 264 g/mol. The van der Waals surface area contributed by atoms with Gasteiger partial charge in [0, 0.05) is 0 Å². The molecule has 0 spiro atoms. The van der Waals surface area contributed by atoms with Crippen molar-refractivity contribution in [3.8, 4) is 5.75 Å². The molecule has 0 fully saturated rings. The average Bonchev–Trinajstić information content (AvgIpc) is 2.38. The summed E-state index contributed by atoms with van der Waals surface area (Å²) in [7, 11) is 0. The number of benzene rings is 1. The van der Waals surface area contributed by atoms with Crippen LogP contribution in [0.3, 0.4) is 0 Å². The number of ether oxygens (including phenoxy) is 1. The summed E-state index contributed by atoms with van der Waals surface area (Å²) < 4.78 is 5.58. The molecule has 1 N–H and O–H groups in total. The molecule has 3 heteroatoms. The van der Waals surface area contributed by atoms with Gasteiger partial charge in [-0.15, -0.1) is 0 Å². The highest BCUT2D eigenvalue weighted by molar-refractivity contribution is 5.87. The van der Waals surface area contributed by atoms with Crippen molar-refractivity contribution >= 4 is 5.97 Å². The number of hydrogen-bond donors (Lipinski definition) is 1. The van der Waals surface area contributed by atoms with Crippen LogP contribution in [0.5, 0.6) is 5.75 Å². The van der Waals surface area contributed by atoms with Crippen molar-refractivity contribution < 1.29 is 14.6 Å². The Morgan fingerprint density at radius 3 is 2.32 bits per heavy atom.